The number of carbonyl (C=O) groups is 2. The zero-order valence-electron chi connectivity index (χ0n) is 10.7. The zero-order chi connectivity index (χ0) is 12.8. The number of ether oxygens (including phenoxy) is 1. The second-order valence-electron chi connectivity index (χ2n) is 3.62. The molecule has 0 saturated carbocycles. The van der Waals surface area contributed by atoms with E-state index in [1.54, 1.807) is 12.1 Å². The van der Waals surface area contributed by atoms with E-state index in [1.165, 1.54) is 26.2 Å². The van der Waals surface area contributed by atoms with E-state index in [2.05, 4.69) is 10.1 Å². The Kier molecular flexibility index (Phi) is 7.66. The molecule has 0 aliphatic rings. The SMILES string of the molecule is COC(=O)[C@@H](Cc1ccc([O-])cc1)NC(C)=O.[Na+]. The van der Waals surface area contributed by atoms with E-state index in [1.807, 2.05) is 0 Å². The van der Waals surface area contributed by atoms with Crippen LogP contribution in [-0.2, 0) is 20.7 Å². The Bertz CT molecular complexity index is 405. The van der Waals surface area contributed by atoms with Crippen LogP contribution in [0, 0.1) is 0 Å². The molecule has 1 N–H and O–H groups in total. The number of carbonyl (C=O) groups excluding carboxylic acids is 2. The Morgan fingerprint density at radius 2 is 1.89 bits per heavy atom. The zero-order valence-corrected chi connectivity index (χ0v) is 12.7. The summed E-state index contributed by atoms with van der Waals surface area (Å²) in [6.45, 7) is 1.33. The maximum Gasteiger partial charge on any atom is 1.00 e. The van der Waals surface area contributed by atoms with Crippen molar-refractivity contribution in [2.75, 3.05) is 7.11 Å². The first-order valence-corrected chi connectivity index (χ1v) is 5.14. The van der Waals surface area contributed by atoms with Crippen molar-refractivity contribution in [3.8, 4) is 5.75 Å². The fraction of sp³-hybridized carbons (Fsp3) is 0.333. The summed E-state index contributed by atoms with van der Waals surface area (Å²) in [5.74, 6) is -0.907. The smallest absolute Gasteiger partial charge is 0.872 e. The largest absolute Gasteiger partial charge is 1.00 e. The van der Waals surface area contributed by atoms with Gasteiger partial charge in [0.25, 0.3) is 0 Å². The number of nitrogens with one attached hydrogen (secondary N) is 1. The van der Waals surface area contributed by atoms with Crippen molar-refractivity contribution in [2.45, 2.75) is 19.4 Å². The second kappa shape index (κ2) is 8.13. The molecule has 0 radical (unpaired) electrons. The maximum atomic E-state index is 11.4. The van der Waals surface area contributed by atoms with Crippen molar-refractivity contribution < 1.29 is 49.0 Å². The molecular weight excluding hydrogens is 245 g/mol. The molecule has 0 aliphatic heterocycles. The molecule has 0 aromatic heterocycles. The van der Waals surface area contributed by atoms with Gasteiger partial charge in [-0.1, -0.05) is 24.3 Å². The molecule has 1 aromatic carbocycles. The Labute approximate surface area is 128 Å². The molecule has 0 bridgehead atoms. The van der Waals surface area contributed by atoms with Crippen LogP contribution in [0.15, 0.2) is 24.3 Å². The van der Waals surface area contributed by atoms with Gasteiger partial charge in [-0.05, 0) is 5.56 Å². The van der Waals surface area contributed by atoms with E-state index < -0.39 is 12.0 Å². The number of hydrogen-bond acceptors (Lipinski definition) is 4. The van der Waals surface area contributed by atoms with Crippen molar-refractivity contribution >= 4 is 11.9 Å². The van der Waals surface area contributed by atoms with E-state index in [9.17, 15) is 14.7 Å². The standard InChI is InChI=1S/C12H15NO4.Na/c1-8(14)13-11(12(16)17-2)7-9-3-5-10(15)6-4-9;/h3-6,11,15H,7H2,1-2H3,(H,13,14);/q;+1/p-1/t11-;/m1./s1. The molecule has 1 rings (SSSR count). The van der Waals surface area contributed by atoms with Gasteiger partial charge in [0.1, 0.15) is 6.04 Å². The fourth-order valence-corrected chi connectivity index (χ4v) is 1.44. The number of benzene rings is 1. The van der Waals surface area contributed by atoms with Crippen molar-refractivity contribution in [2.24, 2.45) is 0 Å². The third kappa shape index (κ3) is 5.53. The van der Waals surface area contributed by atoms with Crippen molar-refractivity contribution in [1.29, 1.82) is 0 Å². The van der Waals surface area contributed by atoms with E-state index >= 15 is 0 Å². The fourth-order valence-electron chi connectivity index (χ4n) is 1.44. The molecule has 92 valence electrons. The molecule has 1 aromatic rings. The van der Waals surface area contributed by atoms with Crippen molar-refractivity contribution in [3.05, 3.63) is 29.8 Å². The van der Waals surface area contributed by atoms with Gasteiger partial charge in [0.2, 0.25) is 5.91 Å². The van der Waals surface area contributed by atoms with Crippen LogP contribution in [0.25, 0.3) is 0 Å². The number of esters is 1. The molecule has 18 heavy (non-hydrogen) atoms. The summed E-state index contributed by atoms with van der Waals surface area (Å²) in [7, 11) is 1.26. The predicted molar refractivity (Wildman–Crippen MR) is 59.2 cm³/mol. The predicted octanol–water partition coefficient (Wildman–Crippen LogP) is -3.02. The Morgan fingerprint density at radius 1 is 1.33 bits per heavy atom. The van der Waals surface area contributed by atoms with Crippen LogP contribution in [0.4, 0.5) is 0 Å². The molecule has 5 nitrogen and oxygen atoms in total. The topological polar surface area (TPSA) is 78.5 Å². The van der Waals surface area contributed by atoms with Gasteiger partial charge in [-0.3, -0.25) is 4.79 Å². The molecule has 0 saturated heterocycles. The van der Waals surface area contributed by atoms with Gasteiger partial charge < -0.3 is 15.2 Å². The summed E-state index contributed by atoms with van der Waals surface area (Å²) in [6, 6.07) is 5.35. The average molecular weight is 259 g/mol. The minimum Gasteiger partial charge on any atom is -0.872 e. The van der Waals surface area contributed by atoms with E-state index in [0.717, 1.165) is 5.56 Å². The minimum atomic E-state index is -0.727. The van der Waals surface area contributed by atoms with Gasteiger partial charge in [0, 0.05) is 13.3 Å². The number of methoxy groups -OCH3 is 1. The Hall–Kier alpha value is -1.04. The monoisotopic (exact) mass is 259 g/mol. The summed E-state index contributed by atoms with van der Waals surface area (Å²) in [4.78, 5) is 22.4. The normalized spacial score (nSPS) is 11.0. The van der Waals surface area contributed by atoms with Gasteiger partial charge in [-0.25, -0.2) is 4.79 Å². The van der Waals surface area contributed by atoms with Gasteiger partial charge in [0.05, 0.1) is 7.11 Å². The Balaban J connectivity index is 0.00000289. The molecule has 6 heteroatoms. The third-order valence-corrected chi connectivity index (χ3v) is 2.23. The summed E-state index contributed by atoms with van der Waals surface area (Å²) in [5, 5.41) is 13.4. The van der Waals surface area contributed by atoms with Crippen molar-refractivity contribution in [3.63, 3.8) is 0 Å². The van der Waals surface area contributed by atoms with E-state index in [-0.39, 0.29) is 41.2 Å². The first-order chi connectivity index (χ1) is 8.02. The number of hydrogen-bond donors (Lipinski definition) is 1. The molecule has 1 amide bonds. The van der Waals surface area contributed by atoms with Gasteiger partial charge in [0.15, 0.2) is 0 Å². The second-order valence-corrected chi connectivity index (χ2v) is 3.62. The Morgan fingerprint density at radius 3 is 2.33 bits per heavy atom. The molecule has 0 unspecified atom stereocenters. The van der Waals surface area contributed by atoms with Crippen LogP contribution in [-0.4, -0.2) is 25.0 Å². The first kappa shape index (κ1) is 17.0. The summed E-state index contributed by atoms with van der Waals surface area (Å²) in [5.41, 5.74) is 0.786. The molecule has 0 heterocycles. The van der Waals surface area contributed by atoms with Gasteiger partial charge in [-0.2, -0.15) is 0 Å². The van der Waals surface area contributed by atoms with Gasteiger partial charge >= 0.3 is 35.5 Å². The van der Waals surface area contributed by atoms with E-state index in [4.69, 9.17) is 0 Å². The number of amides is 1. The quantitative estimate of drug-likeness (QED) is 0.461. The van der Waals surface area contributed by atoms with Crippen LogP contribution in [0.1, 0.15) is 12.5 Å². The van der Waals surface area contributed by atoms with Crippen LogP contribution in [0.5, 0.6) is 5.75 Å². The third-order valence-electron chi connectivity index (χ3n) is 2.23. The first-order valence-electron chi connectivity index (χ1n) is 5.14. The molecule has 0 aliphatic carbocycles. The summed E-state index contributed by atoms with van der Waals surface area (Å²) in [6.07, 6.45) is 0.298. The molecule has 0 spiro atoms. The van der Waals surface area contributed by atoms with Crippen LogP contribution >= 0.6 is 0 Å². The van der Waals surface area contributed by atoms with Crippen LogP contribution in [0.3, 0.4) is 0 Å². The molecule has 1 atom stereocenters. The molecular formula is C12H14NNaO4. The van der Waals surface area contributed by atoms with Gasteiger partial charge in [-0.15, -0.1) is 5.75 Å². The number of rotatable bonds is 4. The van der Waals surface area contributed by atoms with Crippen LogP contribution in [0.2, 0.25) is 0 Å². The summed E-state index contributed by atoms with van der Waals surface area (Å²) >= 11 is 0. The van der Waals surface area contributed by atoms with E-state index in [0.29, 0.717) is 6.42 Å². The van der Waals surface area contributed by atoms with Crippen molar-refractivity contribution in [1.82, 2.24) is 5.32 Å². The van der Waals surface area contributed by atoms with Crippen LogP contribution < -0.4 is 40.0 Å². The summed E-state index contributed by atoms with van der Waals surface area (Å²) < 4.78 is 4.59. The maximum absolute atomic E-state index is 11.4. The minimum absolute atomic E-state index is 0. The molecule has 0 fully saturated rings. The average Bonchev–Trinajstić information content (AvgIpc) is 2.29.